The monoisotopic (exact) mass is 596 g/mol. The van der Waals surface area contributed by atoms with Crippen LogP contribution < -0.4 is 29.6 Å². The number of unbranched alkanes of at least 4 members (excludes halogenated alkanes) is 27. The van der Waals surface area contributed by atoms with Gasteiger partial charge in [-0.25, -0.2) is 8.42 Å². The van der Waals surface area contributed by atoms with Gasteiger partial charge in [0, 0.05) is 0 Å². The average molecular weight is 597 g/mol. The van der Waals surface area contributed by atoms with Gasteiger partial charge in [-0.3, -0.25) is 4.18 Å². The Morgan fingerprint density at radius 3 is 0.825 bits per heavy atom. The van der Waals surface area contributed by atoms with Gasteiger partial charge in [0.05, 0.1) is 6.10 Å². The molecule has 0 aliphatic heterocycles. The van der Waals surface area contributed by atoms with Crippen LogP contribution in [-0.4, -0.2) is 19.1 Å². The van der Waals surface area contributed by atoms with Gasteiger partial charge in [0.1, 0.15) is 0 Å². The van der Waals surface area contributed by atoms with Crippen molar-refractivity contribution < 1.29 is 46.7 Å². The standard InChI is InChI=1S/C34H70O4S.Na/c1-3-5-7-9-11-13-15-17-19-21-23-25-27-29-31-33-34(38-39(35,36)37)32-30-28-26-24-22-20-18-16-14-12-10-8-6-4-2;/h34H,3-33H2,1-2H3,(H,35,36,37);/q;+1/p-1. The molecule has 1 unspecified atom stereocenters. The molecule has 0 spiro atoms. The molecule has 0 radical (unpaired) electrons. The van der Waals surface area contributed by atoms with Crippen molar-refractivity contribution in [3.63, 3.8) is 0 Å². The normalized spacial score (nSPS) is 12.5. The molecule has 6 heteroatoms. The zero-order valence-electron chi connectivity index (χ0n) is 27.5. The average Bonchev–Trinajstić information content (AvgIpc) is 2.90. The number of hydrogen-bond donors (Lipinski definition) is 0. The van der Waals surface area contributed by atoms with Crippen LogP contribution in [-0.2, 0) is 14.6 Å². The molecule has 0 aromatic rings. The van der Waals surface area contributed by atoms with Crippen LogP contribution in [0.15, 0.2) is 0 Å². The van der Waals surface area contributed by atoms with Gasteiger partial charge in [0.15, 0.2) is 0 Å². The van der Waals surface area contributed by atoms with E-state index < -0.39 is 16.5 Å². The van der Waals surface area contributed by atoms with E-state index >= 15 is 0 Å². The van der Waals surface area contributed by atoms with Crippen LogP contribution in [0, 0.1) is 0 Å². The van der Waals surface area contributed by atoms with Crippen molar-refractivity contribution in [3.8, 4) is 0 Å². The first-order chi connectivity index (χ1) is 19.0. The second-order valence-electron chi connectivity index (χ2n) is 12.2. The molecule has 0 fully saturated rings. The third kappa shape index (κ3) is 36.9. The van der Waals surface area contributed by atoms with Crippen molar-refractivity contribution in [1.82, 2.24) is 0 Å². The molecule has 1 atom stereocenters. The van der Waals surface area contributed by atoms with E-state index in [9.17, 15) is 13.0 Å². The van der Waals surface area contributed by atoms with Crippen LogP contribution in [0.2, 0.25) is 0 Å². The molecule has 0 heterocycles. The third-order valence-corrected chi connectivity index (χ3v) is 8.77. The van der Waals surface area contributed by atoms with E-state index in [1.807, 2.05) is 0 Å². The Balaban J connectivity index is 0. The fourth-order valence-corrected chi connectivity index (χ4v) is 6.24. The summed E-state index contributed by atoms with van der Waals surface area (Å²) in [4.78, 5) is 0. The molecule has 0 saturated heterocycles. The topological polar surface area (TPSA) is 66.4 Å². The summed E-state index contributed by atoms with van der Waals surface area (Å²) in [6, 6.07) is 0. The first-order valence-corrected chi connectivity index (χ1v) is 19.0. The van der Waals surface area contributed by atoms with Crippen LogP contribution in [0.3, 0.4) is 0 Å². The Morgan fingerprint density at radius 1 is 0.425 bits per heavy atom. The Hall–Kier alpha value is 0.870. The Bertz CT molecular complexity index is 570. The molecular weight excluding hydrogens is 527 g/mol. The van der Waals surface area contributed by atoms with Gasteiger partial charge < -0.3 is 4.55 Å². The van der Waals surface area contributed by atoms with Gasteiger partial charge in [-0.15, -0.1) is 0 Å². The molecule has 236 valence electrons. The Morgan fingerprint density at radius 2 is 0.625 bits per heavy atom. The second-order valence-corrected chi connectivity index (χ2v) is 13.3. The third-order valence-electron chi connectivity index (χ3n) is 8.26. The van der Waals surface area contributed by atoms with Gasteiger partial charge in [-0.2, -0.15) is 0 Å². The van der Waals surface area contributed by atoms with Gasteiger partial charge in [-0.1, -0.05) is 200 Å². The summed E-state index contributed by atoms with van der Waals surface area (Å²) in [7, 11) is -4.61. The smallest absolute Gasteiger partial charge is 0.726 e. The summed E-state index contributed by atoms with van der Waals surface area (Å²) in [5, 5.41) is 0. The van der Waals surface area contributed by atoms with E-state index in [0.29, 0.717) is 12.8 Å². The zero-order chi connectivity index (χ0) is 28.7. The van der Waals surface area contributed by atoms with Crippen molar-refractivity contribution in [2.45, 2.75) is 219 Å². The summed E-state index contributed by atoms with van der Waals surface area (Å²) in [5.74, 6) is 0. The van der Waals surface area contributed by atoms with E-state index in [0.717, 1.165) is 25.7 Å². The molecule has 0 amide bonds. The van der Waals surface area contributed by atoms with Crippen LogP contribution in [0.25, 0.3) is 0 Å². The summed E-state index contributed by atoms with van der Waals surface area (Å²) in [6.07, 6.45) is 38.9. The second kappa shape index (κ2) is 34.4. The van der Waals surface area contributed by atoms with E-state index in [2.05, 4.69) is 13.8 Å². The van der Waals surface area contributed by atoms with Crippen molar-refractivity contribution in [3.05, 3.63) is 0 Å². The largest absolute Gasteiger partial charge is 1.00 e. The van der Waals surface area contributed by atoms with E-state index in [-0.39, 0.29) is 29.6 Å². The fourth-order valence-electron chi connectivity index (χ4n) is 5.72. The summed E-state index contributed by atoms with van der Waals surface area (Å²) in [6.45, 7) is 4.54. The van der Waals surface area contributed by atoms with Crippen molar-refractivity contribution in [2.24, 2.45) is 0 Å². The minimum atomic E-state index is -4.61. The van der Waals surface area contributed by atoms with Crippen LogP contribution >= 0.6 is 0 Å². The van der Waals surface area contributed by atoms with Crippen molar-refractivity contribution in [2.75, 3.05) is 0 Å². The maximum absolute atomic E-state index is 11.2. The molecule has 0 aliphatic carbocycles. The quantitative estimate of drug-likeness (QED) is 0.0328. The minimum absolute atomic E-state index is 0. The Kier molecular flexibility index (Phi) is 36.9. The fraction of sp³-hybridized carbons (Fsp3) is 1.00. The molecule has 0 N–H and O–H groups in total. The molecule has 0 aromatic heterocycles. The molecule has 0 aromatic carbocycles. The molecule has 0 bridgehead atoms. The van der Waals surface area contributed by atoms with Crippen LogP contribution in [0.5, 0.6) is 0 Å². The SMILES string of the molecule is CCCCCCCCCCCCCCCCCC(CCCCCCCCCCCCCCCC)OS(=O)(=O)[O-].[Na+]. The molecule has 0 rings (SSSR count). The van der Waals surface area contributed by atoms with E-state index in [1.165, 1.54) is 161 Å². The Labute approximate surface area is 274 Å². The molecule has 4 nitrogen and oxygen atoms in total. The molecule has 0 saturated carbocycles. The minimum Gasteiger partial charge on any atom is -0.726 e. The van der Waals surface area contributed by atoms with Gasteiger partial charge >= 0.3 is 29.6 Å². The van der Waals surface area contributed by atoms with Gasteiger partial charge in [0.25, 0.3) is 0 Å². The maximum Gasteiger partial charge on any atom is 1.00 e. The van der Waals surface area contributed by atoms with Crippen LogP contribution in [0.1, 0.15) is 213 Å². The summed E-state index contributed by atoms with van der Waals surface area (Å²) in [5.41, 5.74) is 0. The number of rotatable bonds is 33. The summed E-state index contributed by atoms with van der Waals surface area (Å²) < 4.78 is 38.4. The predicted octanol–water partition coefficient (Wildman–Crippen LogP) is 8.97. The predicted molar refractivity (Wildman–Crippen MR) is 169 cm³/mol. The van der Waals surface area contributed by atoms with Gasteiger partial charge in [0.2, 0.25) is 10.4 Å². The maximum atomic E-state index is 11.2. The van der Waals surface area contributed by atoms with Gasteiger partial charge in [-0.05, 0) is 12.8 Å². The molecule has 0 aliphatic rings. The first kappa shape index (κ1) is 43.0. The van der Waals surface area contributed by atoms with Crippen molar-refractivity contribution in [1.29, 1.82) is 0 Å². The van der Waals surface area contributed by atoms with Crippen molar-refractivity contribution >= 4 is 10.4 Å². The van der Waals surface area contributed by atoms with E-state index in [1.54, 1.807) is 0 Å². The van der Waals surface area contributed by atoms with Crippen LogP contribution in [0.4, 0.5) is 0 Å². The number of hydrogen-bond acceptors (Lipinski definition) is 4. The first-order valence-electron chi connectivity index (χ1n) is 17.6. The summed E-state index contributed by atoms with van der Waals surface area (Å²) >= 11 is 0. The molecule has 40 heavy (non-hydrogen) atoms. The zero-order valence-corrected chi connectivity index (χ0v) is 30.4. The van der Waals surface area contributed by atoms with E-state index in [4.69, 9.17) is 4.18 Å². The molecular formula is C34H69NaO4S.